The summed E-state index contributed by atoms with van der Waals surface area (Å²) in [6.07, 6.45) is 1.55. The van der Waals surface area contributed by atoms with E-state index >= 15 is 0 Å². The van der Waals surface area contributed by atoms with Crippen molar-refractivity contribution in [1.82, 2.24) is 15.3 Å². The van der Waals surface area contributed by atoms with Gasteiger partial charge in [-0.2, -0.15) is 0 Å². The van der Waals surface area contributed by atoms with Crippen LogP contribution in [0.15, 0.2) is 33.7 Å². The van der Waals surface area contributed by atoms with Crippen molar-refractivity contribution in [2.45, 2.75) is 13.5 Å². The van der Waals surface area contributed by atoms with Gasteiger partial charge in [0.05, 0.1) is 12.0 Å². The van der Waals surface area contributed by atoms with E-state index in [0.29, 0.717) is 23.8 Å². The Hall–Kier alpha value is -1.88. The third kappa shape index (κ3) is 2.38. The van der Waals surface area contributed by atoms with Gasteiger partial charge in [0.25, 0.3) is 5.56 Å². The van der Waals surface area contributed by atoms with Crippen LogP contribution in [0.3, 0.4) is 0 Å². The molecule has 0 atom stereocenters. The Morgan fingerprint density at radius 3 is 3.12 bits per heavy atom. The summed E-state index contributed by atoms with van der Waals surface area (Å²) in [5.41, 5.74) is 0.534. The molecule has 0 saturated heterocycles. The molecule has 0 aliphatic carbocycles. The number of nitrogens with zero attached hydrogens (tertiary/aromatic N) is 1. The highest BCUT2D eigenvalue weighted by atomic mass is 16.3. The van der Waals surface area contributed by atoms with E-state index in [0.717, 1.165) is 6.54 Å². The number of rotatable bonds is 4. The van der Waals surface area contributed by atoms with E-state index in [2.05, 4.69) is 15.3 Å². The molecule has 0 spiro atoms. The molecule has 0 fully saturated rings. The number of nitrogens with one attached hydrogen (secondary N) is 2. The smallest absolute Gasteiger partial charge is 0.251 e. The van der Waals surface area contributed by atoms with Crippen LogP contribution in [-0.4, -0.2) is 16.5 Å². The molecule has 2 N–H and O–H groups in total. The van der Waals surface area contributed by atoms with Crippen molar-refractivity contribution < 1.29 is 4.42 Å². The van der Waals surface area contributed by atoms with Crippen molar-refractivity contribution >= 4 is 0 Å². The summed E-state index contributed by atoms with van der Waals surface area (Å²) in [5.74, 6) is 1.03. The van der Waals surface area contributed by atoms with E-state index in [1.54, 1.807) is 18.4 Å². The second-order valence-electron chi connectivity index (χ2n) is 3.34. The molecule has 0 amide bonds. The van der Waals surface area contributed by atoms with Gasteiger partial charge in [0, 0.05) is 12.6 Å². The van der Waals surface area contributed by atoms with Crippen molar-refractivity contribution in [1.29, 1.82) is 0 Å². The minimum atomic E-state index is -0.172. The van der Waals surface area contributed by atoms with Gasteiger partial charge in [-0.3, -0.25) is 4.79 Å². The molecule has 2 heterocycles. The van der Waals surface area contributed by atoms with Gasteiger partial charge in [-0.1, -0.05) is 6.92 Å². The number of H-pyrrole nitrogens is 1. The van der Waals surface area contributed by atoms with Crippen LogP contribution in [-0.2, 0) is 6.54 Å². The standard InChI is InChI=1S/C11H13N3O2/c1-2-12-7-8-6-10(15)14-11(13-8)9-4-3-5-16-9/h3-6,12H,2,7H2,1H3,(H,13,14,15). The van der Waals surface area contributed by atoms with Gasteiger partial charge >= 0.3 is 0 Å². The molecule has 16 heavy (non-hydrogen) atoms. The molecule has 5 heteroatoms. The van der Waals surface area contributed by atoms with Gasteiger partial charge in [0.2, 0.25) is 0 Å². The highest BCUT2D eigenvalue weighted by molar-refractivity contribution is 5.45. The number of furan rings is 1. The Kier molecular flexibility index (Phi) is 3.16. The third-order valence-corrected chi connectivity index (χ3v) is 2.11. The molecule has 0 bridgehead atoms. The number of aromatic nitrogens is 2. The van der Waals surface area contributed by atoms with Crippen molar-refractivity contribution in [3.63, 3.8) is 0 Å². The minimum absolute atomic E-state index is 0.172. The first-order valence-electron chi connectivity index (χ1n) is 5.14. The lowest BCUT2D eigenvalue weighted by atomic mass is 10.3. The van der Waals surface area contributed by atoms with Crippen LogP contribution in [0.5, 0.6) is 0 Å². The normalized spacial score (nSPS) is 10.6. The van der Waals surface area contributed by atoms with Gasteiger partial charge in [0.15, 0.2) is 11.6 Å². The summed E-state index contributed by atoms with van der Waals surface area (Å²) in [6, 6.07) is 5.00. The Morgan fingerprint density at radius 1 is 1.56 bits per heavy atom. The fraction of sp³-hybridized carbons (Fsp3) is 0.273. The van der Waals surface area contributed by atoms with E-state index < -0.39 is 0 Å². The molecule has 5 nitrogen and oxygen atoms in total. The zero-order valence-corrected chi connectivity index (χ0v) is 8.99. The quantitative estimate of drug-likeness (QED) is 0.808. The predicted octanol–water partition coefficient (Wildman–Crippen LogP) is 1.14. The molecule has 0 aliphatic rings. The van der Waals surface area contributed by atoms with E-state index in [-0.39, 0.29) is 5.56 Å². The van der Waals surface area contributed by atoms with E-state index in [4.69, 9.17) is 4.42 Å². The fourth-order valence-electron chi connectivity index (χ4n) is 1.38. The van der Waals surface area contributed by atoms with Gasteiger partial charge in [-0.15, -0.1) is 0 Å². The average Bonchev–Trinajstić information content (AvgIpc) is 2.79. The maximum atomic E-state index is 11.4. The molecule has 84 valence electrons. The number of hydrogen-bond donors (Lipinski definition) is 2. The lowest BCUT2D eigenvalue weighted by molar-refractivity contribution is 0.575. The largest absolute Gasteiger partial charge is 0.461 e. The predicted molar refractivity (Wildman–Crippen MR) is 59.9 cm³/mol. The number of aromatic amines is 1. The van der Waals surface area contributed by atoms with Gasteiger partial charge in [0.1, 0.15) is 0 Å². The lowest BCUT2D eigenvalue weighted by Crippen LogP contribution is -2.17. The van der Waals surface area contributed by atoms with Crippen molar-refractivity contribution in [3.05, 3.63) is 40.5 Å². The van der Waals surface area contributed by atoms with E-state index in [1.165, 1.54) is 6.07 Å². The summed E-state index contributed by atoms with van der Waals surface area (Å²) in [5, 5.41) is 3.12. The zero-order valence-electron chi connectivity index (χ0n) is 8.99. The van der Waals surface area contributed by atoms with Crippen molar-refractivity contribution in [2.24, 2.45) is 0 Å². The minimum Gasteiger partial charge on any atom is -0.461 e. The number of hydrogen-bond acceptors (Lipinski definition) is 4. The van der Waals surface area contributed by atoms with Crippen LogP contribution in [0.2, 0.25) is 0 Å². The molecule has 2 rings (SSSR count). The average molecular weight is 219 g/mol. The van der Waals surface area contributed by atoms with Gasteiger partial charge in [-0.05, 0) is 18.7 Å². The second-order valence-corrected chi connectivity index (χ2v) is 3.34. The highest BCUT2D eigenvalue weighted by Gasteiger charge is 2.05. The Morgan fingerprint density at radius 2 is 2.44 bits per heavy atom. The molecule has 2 aromatic heterocycles. The Bertz CT molecular complexity index is 502. The van der Waals surface area contributed by atoms with Crippen LogP contribution >= 0.6 is 0 Å². The summed E-state index contributed by atoms with van der Waals surface area (Å²) in [7, 11) is 0. The molecule has 2 aromatic rings. The van der Waals surface area contributed by atoms with Crippen LogP contribution in [0.1, 0.15) is 12.6 Å². The molecular weight excluding hydrogens is 206 g/mol. The summed E-state index contributed by atoms with van der Waals surface area (Å²) in [4.78, 5) is 18.3. The molecule has 0 aromatic carbocycles. The zero-order chi connectivity index (χ0) is 11.4. The van der Waals surface area contributed by atoms with Crippen molar-refractivity contribution in [3.8, 4) is 11.6 Å². The third-order valence-electron chi connectivity index (χ3n) is 2.11. The van der Waals surface area contributed by atoms with Crippen LogP contribution in [0.4, 0.5) is 0 Å². The molecule has 0 saturated carbocycles. The highest BCUT2D eigenvalue weighted by Crippen LogP contribution is 2.13. The Balaban J connectivity index is 2.33. The lowest BCUT2D eigenvalue weighted by Gasteiger charge is -2.02. The van der Waals surface area contributed by atoms with Crippen LogP contribution in [0.25, 0.3) is 11.6 Å². The first kappa shape index (κ1) is 10.6. The maximum Gasteiger partial charge on any atom is 0.251 e. The molecular formula is C11H13N3O2. The monoisotopic (exact) mass is 219 g/mol. The summed E-state index contributed by atoms with van der Waals surface area (Å²) >= 11 is 0. The second kappa shape index (κ2) is 4.76. The fourth-order valence-corrected chi connectivity index (χ4v) is 1.38. The summed E-state index contributed by atoms with van der Waals surface area (Å²) in [6.45, 7) is 3.42. The van der Waals surface area contributed by atoms with Crippen LogP contribution < -0.4 is 10.9 Å². The maximum absolute atomic E-state index is 11.4. The van der Waals surface area contributed by atoms with E-state index in [9.17, 15) is 4.79 Å². The van der Waals surface area contributed by atoms with Gasteiger partial charge in [-0.25, -0.2) is 4.98 Å². The van der Waals surface area contributed by atoms with Crippen LogP contribution in [0, 0.1) is 0 Å². The van der Waals surface area contributed by atoms with Gasteiger partial charge < -0.3 is 14.7 Å². The Labute approximate surface area is 92.5 Å². The first-order valence-corrected chi connectivity index (χ1v) is 5.14. The molecule has 0 aliphatic heterocycles. The summed E-state index contributed by atoms with van der Waals surface area (Å²) < 4.78 is 5.18. The molecule has 0 radical (unpaired) electrons. The van der Waals surface area contributed by atoms with E-state index in [1.807, 2.05) is 6.92 Å². The first-order chi connectivity index (χ1) is 7.79. The topological polar surface area (TPSA) is 70.9 Å². The van der Waals surface area contributed by atoms with Crippen molar-refractivity contribution in [2.75, 3.05) is 6.54 Å². The molecule has 0 unspecified atom stereocenters. The SMILES string of the molecule is CCNCc1cc(=O)[nH]c(-c2ccco2)n1.